The lowest BCUT2D eigenvalue weighted by molar-refractivity contribution is 0.0386. The van der Waals surface area contributed by atoms with Gasteiger partial charge in [-0.3, -0.25) is 0 Å². The molecule has 1 aliphatic heterocycles. The highest BCUT2D eigenvalue weighted by Crippen LogP contribution is 2.23. The summed E-state index contributed by atoms with van der Waals surface area (Å²) in [7, 11) is -3.94. The summed E-state index contributed by atoms with van der Waals surface area (Å²) in [5.41, 5.74) is 5.33. The maximum absolute atomic E-state index is 13.8. The lowest BCUT2D eigenvalue weighted by Crippen LogP contribution is -2.51. The average Bonchev–Trinajstić information content (AvgIpc) is 2.38. The van der Waals surface area contributed by atoms with Crippen molar-refractivity contribution in [1.82, 2.24) is 4.72 Å². The number of sulfonamides is 1. The van der Waals surface area contributed by atoms with Gasteiger partial charge in [-0.2, -0.15) is 0 Å². The average molecular weight is 302 g/mol. The topological polar surface area (TPSA) is 81.4 Å². The van der Waals surface area contributed by atoms with Gasteiger partial charge in [-0.25, -0.2) is 17.5 Å². The molecule has 0 aromatic heterocycles. The van der Waals surface area contributed by atoms with Crippen LogP contribution in [0.25, 0.3) is 0 Å². The standard InChI is InChI=1S/C13H19FN2O3S/c1-13(5-2-6-19-9-13)16-20(17,18)12-7-10(8-15)3-4-11(12)14/h3-4,7,16H,2,5-6,8-9,15H2,1H3. The molecule has 3 N–H and O–H groups in total. The third-order valence-electron chi connectivity index (χ3n) is 3.34. The van der Waals surface area contributed by atoms with Gasteiger partial charge < -0.3 is 10.5 Å². The quantitative estimate of drug-likeness (QED) is 0.873. The van der Waals surface area contributed by atoms with E-state index in [1.807, 2.05) is 0 Å². The Morgan fingerprint density at radius 1 is 1.50 bits per heavy atom. The second kappa shape index (κ2) is 5.77. The zero-order valence-electron chi connectivity index (χ0n) is 11.4. The van der Waals surface area contributed by atoms with Gasteiger partial charge in [0.05, 0.1) is 12.1 Å². The van der Waals surface area contributed by atoms with Crippen molar-refractivity contribution in [3.63, 3.8) is 0 Å². The van der Waals surface area contributed by atoms with Crippen molar-refractivity contribution in [2.45, 2.75) is 36.7 Å². The molecule has 20 heavy (non-hydrogen) atoms. The Balaban J connectivity index is 2.30. The minimum absolute atomic E-state index is 0.156. The molecule has 1 atom stereocenters. The summed E-state index contributed by atoms with van der Waals surface area (Å²) in [6.45, 7) is 2.82. The minimum atomic E-state index is -3.94. The molecule has 0 aliphatic carbocycles. The fraction of sp³-hybridized carbons (Fsp3) is 0.538. The van der Waals surface area contributed by atoms with Crippen molar-refractivity contribution in [1.29, 1.82) is 0 Å². The van der Waals surface area contributed by atoms with Crippen LogP contribution in [0, 0.1) is 5.82 Å². The van der Waals surface area contributed by atoms with Crippen molar-refractivity contribution in [3.05, 3.63) is 29.6 Å². The SMILES string of the molecule is CC1(NS(=O)(=O)c2cc(CN)ccc2F)CCCOC1. The lowest BCUT2D eigenvalue weighted by atomic mass is 9.97. The molecular formula is C13H19FN2O3S. The number of nitrogens with two attached hydrogens (primary N) is 1. The van der Waals surface area contributed by atoms with Crippen molar-refractivity contribution in [2.75, 3.05) is 13.2 Å². The van der Waals surface area contributed by atoms with Crippen molar-refractivity contribution >= 4 is 10.0 Å². The Hall–Kier alpha value is -1.02. The van der Waals surface area contributed by atoms with Crippen LogP contribution in [0.3, 0.4) is 0 Å². The highest BCUT2D eigenvalue weighted by molar-refractivity contribution is 7.89. The van der Waals surface area contributed by atoms with E-state index in [0.29, 0.717) is 18.6 Å². The molecule has 1 unspecified atom stereocenters. The number of hydrogen-bond donors (Lipinski definition) is 2. The van der Waals surface area contributed by atoms with E-state index < -0.39 is 21.4 Å². The van der Waals surface area contributed by atoms with E-state index in [4.69, 9.17) is 10.5 Å². The molecule has 5 nitrogen and oxygen atoms in total. The van der Waals surface area contributed by atoms with Crippen molar-refractivity contribution in [3.8, 4) is 0 Å². The molecule has 1 heterocycles. The van der Waals surface area contributed by atoms with Crippen LogP contribution in [0.1, 0.15) is 25.3 Å². The number of halogens is 1. The molecule has 0 radical (unpaired) electrons. The predicted octanol–water partition coefficient (Wildman–Crippen LogP) is 1.13. The Morgan fingerprint density at radius 3 is 2.85 bits per heavy atom. The normalized spacial score (nSPS) is 23.8. The summed E-state index contributed by atoms with van der Waals surface area (Å²) in [5.74, 6) is -0.782. The Labute approximate surface area is 118 Å². The molecule has 0 amide bonds. The highest BCUT2D eigenvalue weighted by atomic mass is 32.2. The third kappa shape index (κ3) is 3.35. The first kappa shape index (κ1) is 15.4. The van der Waals surface area contributed by atoms with Crippen molar-refractivity contribution in [2.24, 2.45) is 5.73 Å². The lowest BCUT2D eigenvalue weighted by Gasteiger charge is -2.33. The highest BCUT2D eigenvalue weighted by Gasteiger charge is 2.34. The fourth-order valence-corrected chi connectivity index (χ4v) is 3.83. The van der Waals surface area contributed by atoms with E-state index in [2.05, 4.69) is 4.72 Å². The van der Waals surface area contributed by atoms with Crippen LogP contribution in [-0.2, 0) is 21.3 Å². The zero-order valence-corrected chi connectivity index (χ0v) is 12.2. The predicted molar refractivity (Wildman–Crippen MR) is 73.1 cm³/mol. The van der Waals surface area contributed by atoms with Crippen LogP contribution < -0.4 is 10.5 Å². The first-order chi connectivity index (χ1) is 9.36. The minimum Gasteiger partial charge on any atom is -0.380 e. The van der Waals surface area contributed by atoms with Crippen LogP contribution in [0.15, 0.2) is 23.1 Å². The van der Waals surface area contributed by atoms with Crippen molar-refractivity contribution < 1.29 is 17.5 Å². The smallest absolute Gasteiger partial charge is 0.244 e. The van der Waals surface area contributed by atoms with Crippen LogP contribution in [-0.4, -0.2) is 27.2 Å². The summed E-state index contributed by atoms with van der Waals surface area (Å²) in [5, 5.41) is 0. The fourth-order valence-electron chi connectivity index (χ4n) is 2.27. The number of nitrogens with one attached hydrogen (secondary N) is 1. The Bertz CT molecular complexity index is 583. The van der Waals surface area contributed by atoms with Gasteiger partial charge in [0.1, 0.15) is 10.7 Å². The molecule has 7 heteroatoms. The van der Waals surface area contributed by atoms with E-state index >= 15 is 0 Å². The molecule has 1 saturated heterocycles. The maximum Gasteiger partial charge on any atom is 0.244 e. The Kier molecular flexibility index (Phi) is 4.43. The molecule has 0 bridgehead atoms. The monoisotopic (exact) mass is 302 g/mol. The van der Waals surface area contributed by atoms with Crippen LogP contribution in [0.4, 0.5) is 4.39 Å². The van der Waals surface area contributed by atoms with E-state index in [1.165, 1.54) is 12.1 Å². The molecule has 112 valence electrons. The first-order valence-corrected chi connectivity index (χ1v) is 7.95. The number of rotatable bonds is 4. The number of hydrogen-bond acceptors (Lipinski definition) is 4. The second-order valence-electron chi connectivity index (χ2n) is 5.29. The van der Waals surface area contributed by atoms with Crippen LogP contribution in [0.5, 0.6) is 0 Å². The third-order valence-corrected chi connectivity index (χ3v) is 4.99. The summed E-state index contributed by atoms with van der Waals surface area (Å²) < 4.78 is 46.3. The summed E-state index contributed by atoms with van der Waals surface area (Å²) in [6, 6.07) is 3.86. The number of ether oxygens (including phenoxy) is 1. The van der Waals surface area contributed by atoms with Gasteiger partial charge in [0.2, 0.25) is 10.0 Å². The van der Waals surface area contributed by atoms with Gasteiger partial charge in [0.15, 0.2) is 0 Å². The molecule has 1 fully saturated rings. The van der Waals surface area contributed by atoms with E-state index in [0.717, 1.165) is 12.5 Å². The van der Waals surface area contributed by atoms with Gasteiger partial charge in [-0.05, 0) is 37.5 Å². The molecule has 1 aromatic rings. The van der Waals surface area contributed by atoms with E-state index in [-0.39, 0.29) is 18.0 Å². The molecule has 1 aromatic carbocycles. The van der Waals surface area contributed by atoms with Gasteiger partial charge in [0, 0.05) is 13.2 Å². The van der Waals surface area contributed by atoms with Gasteiger partial charge in [0.25, 0.3) is 0 Å². The molecule has 1 aliphatic rings. The molecule has 0 spiro atoms. The zero-order chi connectivity index (χ0) is 14.8. The molecular weight excluding hydrogens is 283 g/mol. The summed E-state index contributed by atoms with van der Waals surface area (Å²) in [6.07, 6.45) is 1.43. The van der Waals surface area contributed by atoms with Crippen LogP contribution >= 0.6 is 0 Å². The van der Waals surface area contributed by atoms with E-state index in [1.54, 1.807) is 6.92 Å². The summed E-state index contributed by atoms with van der Waals surface area (Å²) in [4.78, 5) is -0.368. The second-order valence-corrected chi connectivity index (χ2v) is 6.94. The van der Waals surface area contributed by atoms with Gasteiger partial charge in [-0.15, -0.1) is 0 Å². The number of benzene rings is 1. The Morgan fingerprint density at radius 2 is 2.25 bits per heavy atom. The largest absolute Gasteiger partial charge is 0.380 e. The molecule has 2 rings (SSSR count). The van der Waals surface area contributed by atoms with Gasteiger partial charge >= 0.3 is 0 Å². The summed E-state index contributed by atoms with van der Waals surface area (Å²) >= 11 is 0. The van der Waals surface area contributed by atoms with Crippen LogP contribution in [0.2, 0.25) is 0 Å². The van der Waals surface area contributed by atoms with E-state index in [9.17, 15) is 12.8 Å². The molecule has 0 saturated carbocycles. The first-order valence-electron chi connectivity index (χ1n) is 6.46. The van der Waals surface area contributed by atoms with Gasteiger partial charge in [-0.1, -0.05) is 6.07 Å². The maximum atomic E-state index is 13.8.